The Morgan fingerprint density at radius 3 is 3.03 bits per heavy atom. The Balaban J connectivity index is 1.42. The third kappa shape index (κ3) is 4.02. The van der Waals surface area contributed by atoms with Crippen LogP contribution in [-0.4, -0.2) is 53.9 Å². The molecule has 0 saturated carbocycles. The van der Waals surface area contributed by atoms with Crippen molar-refractivity contribution in [3.05, 3.63) is 39.7 Å². The zero-order valence-electron chi connectivity index (χ0n) is 17.9. The molecule has 170 valence electrons. The molecule has 1 aliphatic heterocycles. The molecule has 3 N–H and O–H groups in total. The van der Waals surface area contributed by atoms with Gasteiger partial charge in [0.15, 0.2) is 5.82 Å². The van der Waals surface area contributed by atoms with Crippen LogP contribution in [0.25, 0.3) is 16.0 Å². The van der Waals surface area contributed by atoms with Crippen molar-refractivity contribution in [2.45, 2.75) is 26.8 Å². The van der Waals surface area contributed by atoms with E-state index in [0.717, 1.165) is 27.0 Å². The number of aromatic nitrogens is 6. The van der Waals surface area contributed by atoms with E-state index in [-0.39, 0.29) is 23.3 Å². The number of nitrogens with one attached hydrogen (secondary N) is 1. The van der Waals surface area contributed by atoms with Gasteiger partial charge in [0.25, 0.3) is 0 Å². The van der Waals surface area contributed by atoms with Crippen LogP contribution in [-0.2, 0) is 17.7 Å². The second kappa shape index (κ2) is 8.45. The first-order chi connectivity index (χ1) is 15.9. The number of anilines is 3. The SMILES string of the molecule is CCOC(=O)N1CCc2ncc(Nc3nc(N)n(-c4nc(Cl)nc5c(C)csc45)n3)cc2C1. The summed E-state index contributed by atoms with van der Waals surface area (Å²) >= 11 is 7.62. The van der Waals surface area contributed by atoms with Crippen molar-refractivity contribution in [1.29, 1.82) is 0 Å². The van der Waals surface area contributed by atoms with E-state index in [1.807, 2.05) is 18.4 Å². The van der Waals surface area contributed by atoms with Crippen LogP contribution in [0.2, 0.25) is 5.28 Å². The molecule has 4 aromatic heterocycles. The first-order valence-corrected chi connectivity index (χ1v) is 11.5. The first-order valence-electron chi connectivity index (χ1n) is 10.2. The molecule has 13 heteroatoms. The molecule has 33 heavy (non-hydrogen) atoms. The molecule has 5 heterocycles. The summed E-state index contributed by atoms with van der Waals surface area (Å²) in [5.41, 5.74) is 10.5. The average Bonchev–Trinajstić information content (AvgIpc) is 3.35. The Morgan fingerprint density at radius 2 is 2.21 bits per heavy atom. The van der Waals surface area contributed by atoms with Gasteiger partial charge in [-0.05, 0) is 48.0 Å². The molecule has 4 aromatic rings. The maximum absolute atomic E-state index is 12.1. The van der Waals surface area contributed by atoms with Crippen LogP contribution >= 0.6 is 22.9 Å². The third-order valence-electron chi connectivity index (χ3n) is 5.20. The summed E-state index contributed by atoms with van der Waals surface area (Å²) in [6.45, 7) is 5.09. The smallest absolute Gasteiger partial charge is 0.410 e. The van der Waals surface area contributed by atoms with E-state index in [4.69, 9.17) is 22.1 Å². The van der Waals surface area contributed by atoms with Crippen LogP contribution in [0.4, 0.5) is 22.4 Å². The summed E-state index contributed by atoms with van der Waals surface area (Å²) in [7, 11) is 0. The summed E-state index contributed by atoms with van der Waals surface area (Å²) in [5.74, 6) is 0.900. The second-order valence-corrected chi connectivity index (χ2v) is 8.66. The molecular weight excluding hydrogens is 466 g/mol. The molecular formula is C20H20ClN9O2S. The zero-order chi connectivity index (χ0) is 23.1. The van der Waals surface area contributed by atoms with Gasteiger partial charge in [-0.1, -0.05) is 0 Å². The highest BCUT2D eigenvalue weighted by atomic mass is 35.5. The lowest BCUT2D eigenvalue weighted by Gasteiger charge is -2.27. The molecule has 1 amide bonds. The summed E-state index contributed by atoms with van der Waals surface area (Å²) in [4.78, 5) is 31.2. The van der Waals surface area contributed by atoms with Crippen molar-refractivity contribution in [2.24, 2.45) is 0 Å². The molecule has 0 aliphatic carbocycles. The van der Waals surface area contributed by atoms with Crippen LogP contribution in [0.3, 0.4) is 0 Å². The fourth-order valence-electron chi connectivity index (χ4n) is 3.66. The van der Waals surface area contributed by atoms with Crippen molar-refractivity contribution in [2.75, 3.05) is 24.2 Å². The fourth-order valence-corrected chi connectivity index (χ4v) is 4.79. The Hall–Kier alpha value is -3.51. The highest BCUT2D eigenvalue weighted by Gasteiger charge is 2.23. The predicted molar refractivity (Wildman–Crippen MR) is 125 cm³/mol. The molecule has 11 nitrogen and oxygen atoms in total. The van der Waals surface area contributed by atoms with Crippen LogP contribution < -0.4 is 11.1 Å². The average molecular weight is 486 g/mol. The van der Waals surface area contributed by atoms with E-state index in [2.05, 4.69) is 30.4 Å². The zero-order valence-corrected chi connectivity index (χ0v) is 19.4. The summed E-state index contributed by atoms with van der Waals surface area (Å²) in [5, 5.41) is 9.68. The number of fused-ring (bicyclic) bond motifs is 2. The monoisotopic (exact) mass is 485 g/mol. The van der Waals surface area contributed by atoms with E-state index in [0.29, 0.717) is 37.6 Å². The number of nitrogens with two attached hydrogens (primary N) is 1. The number of amides is 1. The highest BCUT2D eigenvalue weighted by molar-refractivity contribution is 7.17. The number of pyridine rings is 1. The number of thiophene rings is 1. The van der Waals surface area contributed by atoms with Gasteiger partial charge in [-0.25, -0.2) is 9.78 Å². The molecule has 0 unspecified atom stereocenters. The van der Waals surface area contributed by atoms with E-state index >= 15 is 0 Å². The molecule has 0 saturated heterocycles. The van der Waals surface area contributed by atoms with Crippen molar-refractivity contribution in [3.63, 3.8) is 0 Å². The Morgan fingerprint density at radius 1 is 1.36 bits per heavy atom. The highest BCUT2D eigenvalue weighted by Crippen LogP contribution is 2.31. The fraction of sp³-hybridized carbons (Fsp3) is 0.300. The normalized spacial score (nSPS) is 13.2. The molecule has 1 aliphatic rings. The summed E-state index contributed by atoms with van der Waals surface area (Å²) < 4.78 is 7.36. The van der Waals surface area contributed by atoms with Gasteiger partial charge in [-0.3, -0.25) is 4.98 Å². The van der Waals surface area contributed by atoms with Gasteiger partial charge in [0.05, 0.1) is 35.3 Å². The number of nitrogen functional groups attached to an aromatic ring is 1. The Bertz CT molecular complexity index is 1370. The lowest BCUT2D eigenvalue weighted by Crippen LogP contribution is -2.36. The number of nitrogens with zero attached hydrogens (tertiary/aromatic N) is 7. The minimum atomic E-state index is -0.326. The molecule has 5 rings (SSSR count). The van der Waals surface area contributed by atoms with Crippen LogP contribution in [0.15, 0.2) is 17.6 Å². The number of halogens is 1. The van der Waals surface area contributed by atoms with Crippen molar-refractivity contribution in [3.8, 4) is 5.82 Å². The van der Waals surface area contributed by atoms with Crippen molar-refractivity contribution >= 4 is 56.8 Å². The summed E-state index contributed by atoms with van der Waals surface area (Å²) in [6, 6.07) is 1.92. The Labute approximate surface area is 197 Å². The topological polar surface area (TPSA) is 137 Å². The van der Waals surface area contributed by atoms with Gasteiger partial charge in [-0.15, -0.1) is 16.4 Å². The maximum Gasteiger partial charge on any atom is 0.410 e. The van der Waals surface area contributed by atoms with E-state index in [1.165, 1.54) is 16.0 Å². The number of carbonyl (C=O) groups excluding carboxylic acids is 1. The molecule has 0 fully saturated rings. The van der Waals surface area contributed by atoms with Gasteiger partial charge >= 0.3 is 6.09 Å². The second-order valence-electron chi connectivity index (χ2n) is 7.44. The first kappa shape index (κ1) is 21.3. The van der Waals surface area contributed by atoms with Gasteiger partial charge in [0.2, 0.25) is 17.2 Å². The van der Waals surface area contributed by atoms with Gasteiger partial charge in [0, 0.05) is 18.7 Å². The van der Waals surface area contributed by atoms with Crippen LogP contribution in [0.1, 0.15) is 23.7 Å². The van der Waals surface area contributed by atoms with Crippen LogP contribution in [0.5, 0.6) is 0 Å². The quantitative estimate of drug-likeness (QED) is 0.416. The van der Waals surface area contributed by atoms with Gasteiger partial charge in [0.1, 0.15) is 0 Å². The van der Waals surface area contributed by atoms with E-state index in [1.54, 1.807) is 18.0 Å². The number of rotatable bonds is 4. The lowest BCUT2D eigenvalue weighted by molar-refractivity contribution is 0.102. The van der Waals surface area contributed by atoms with E-state index in [9.17, 15) is 4.79 Å². The molecule has 0 atom stereocenters. The number of hydrogen-bond donors (Lipinski definition) is 2. The van der Waals surface area contributed by atoms with E-state index < -0.39 is 0 Å². The Kier molecular flexibility index (Phi) is 5.46. The maximum atomic E-state index is 12.1. The number of carbonyl (C=O) groups is 1. The van der Waals surface area contributed by atoms with Gasteiger partial charge in [-0.2, -0.15) is 14.6 Å². The lowest BCUT2D eigenvalue weighted by atomic mass is 10.1. The minimum Gasteiger partial charge on any atom is -0.450 e. The summed E-state index contributed by atoms with van der Waals surface area (Å²) in [6.07, 6.45) is 2.05. The molecule has 0 aromatic carbocycles. The van der Waals surface area contributed by atoms with Crippen molar-refractivity contribution < 1.29 is 9.53 Å². The minimum absolute atomic E-state index is 0.105. The molecule has 0 bridgehead atoms. The number of hydrogen-bond acceptors (Lipinski definition) is 10. The third-order valence-corrected chi connectivity index (χ3v) is 6.45. The molecule has 0 radical (unpaired) electrons. The number of aryl methyl sites for hydroxylation is 1. The largest absolute Gasteiger partial charge is 0.450 e. The predicted octanol–water partition coefficient (Wildman–Crippen LogP) is 3.47. The molecule has 0 spiro atoms. The van der Waals surface area contributed by atoms with Crippen molar-refractivity contribution in [1.82, 2.24) is 34.6 Å². The van der Waals surface area contributed by atoms with Crippen LogP contribution in [0, 0.1) is 6.92 Å². The standard InChI is InChI=1S/C20H20ClN9O2S/c1-3-32-20(31)29-5-4-13-11(8-29)6-12(7-23-13)24-19-27-18(22)30(28-19)16-15-14(10(2)9-33-15)25-17(21)26-16/h6-7,9H,3-5,8H2,1-2H3,(H3,22,24,27,28). The number of ether oxygens (including phenoxy) is 1. The van der Waals surface area contributed by atoms with Gasteiger partial charge < -0.3 is 20.7 Å².